The van der Waals surface area contributed by atoms with Crippen LogP contribution in [-0.4, -0.2) is 50.2 Å². The fourth-order valence-electron chi connectivity index (χ4n) is 1.33. The number of unbranched alkanes of at least 4 members (excludes halogenated alkanes) is 1. The molecule has 0 saturated heterocycles. The van der Waals surface area contributed by atoms with Crippen molar-refractivity contribution in [3.05, 3.63) is 0 Å². The van der Waals surface area contributed by atoms with Gasteiger partial charge in [-0.05, 0) is 26.2 Å². The van der Waals surface area contributed by atoms with Crippen LogP contribution < -0.4 is 5.32 Å². The van der Waals surface area contributed by atoms with Crippen molar-refractivity contribution < 1.29 is 9.82 Å². The van der Waals surface area contributed by atoms with Gasteiger partial charge in [0, 0.05) is 19.5 Å². The van der Waals surface area contributed by atoms with Crippen LogP contribution in [0.3, 0.4) is 0 Å². The molecule has 0 unspecified atom stereocenters. The number of nitrogens with one attached hydrogen (secondary N) is 1. The van der Waals surface area contributed by atoms with Crippen LogP contribution in [-0.2, 0) is 0 Å². The maximum absolute atomic E-state index is 10.4. The van der Waals surface area contributed by atoms with E-state index in [9.17, 15) is 9.82 Å². The van der Waals surface area contributed by atoms with Crippen molar-refractivity contribution >= 4 is 20.7 Å². The highest BCUT2D eigenvalue weighted by Crippen LogP contribution is 1.98. The van der Waals surface area contributed by atoms with E-state index in [-0.39, 0.29) is 0 Å². The molecule has 0 bridgehead atoms. The van der Waals surface area contributed by atoms with E-state index in [1.165, 1.54) is 0 Å². The van der Waals surface area contributed by atoms with Crippen LogP contribution in [0.2, 0.25) is 6.82 Å². The lowest BCUT2D eigenvalue weighted by Crippen LogP contribution is -2.38. The molecule has 16 heavy (non-hydrogen) atoms. The molecule has 1 amide bonds. The average molecular weight is 221 g/mol. The van der Waals surface area contributed by atoms with E-state index in [1.807, 2.05) is 10.9 Å². The summed E-state index contributed by atoms with van der Waals surface area (Å²) in [5, 5.41) is 20.4. The highest BCUT2D eigenvalue weighted by atomic mass is 16.2. The van der Waals surface area contributed by atoms with Crippen molar-refractivity contribution in [2.45, 2.75) is 26.1 Å². The van der Waals surface area contributed by atoms with Crippen LogP contribution in [0.25, 0.3) is 0 Å². The summed E-state index contributed by atoms with van der Waals surface area (Å²) in [5.74, 6) is -0.517. The maximum atomic E-state index is 10.4. The highest BCUT2D eigenvalue weighted by Gasteiger charge is 2.14. The number of hydrogen-bond acceptors (Lipinski definition) is 4. The van der Waals surface area contributed by atoms with Crippen LogP contribution in [0, 0.1) is 11.3 Å². The number of hydrogen-bond donors (Lipinski definition) is 2. The Morgan fingerprint density at radius 2 is 2.25 bits per heavy atom. The van der Waals surface area contributed by atoms with E-state index in [0.717, 1.165) is 12.8 Å². The number of carbonyl (C=O) groups is 1. The van der Waals surface area contributed by atoms with Gasteiger partial charge in [0.15, 0.2) is 13.7 Å². The number of nitrogens with zero attached hydrogens (tertiary/aromatic N) is 2. The molecule has 0 heterocycles. The van der Waals surface area contributed by atoms with Crippen LogP contribution in [0.15, 0.2) is 0 Å². The third-order valence-corrected chi connectivity index (χ3v) is 2.21. The minimum atomic E-state index is -0.544. The van der Waals surface area contributed by atoms with Crippen molar-refractivity contribution in [3.8, 4) is 6.07 Å². The number of amides is 1. The first kappa shape index (κ1) is 15.0. The van der Waals surface area contributed by atoms with E-state index in [0.29, 0.717) is 26.1 Å². The molecule has 0 rings (SSSR count). The Morgan fingerprint density at radius 3 is 2.75 bits per heavy atom. The molecule has 0 saturated carbocycles. The molecule has 0 atom stereocenters. The summed E-state index contributed by atoms with van der Waals surface area (Å²) in [7, 11) is 4.37. The van der Waals surface area contributed by atoms with Crippen molar-refractivity contribution in [2.75, 3.05) is 19.6 Å². The zero-order chi connectivity index (χ0) is 12.4. The van der Waals surface area contributed by atoms with Crippen molar-refractivity contribution in [3.63, 3.8) is 0 Å². The molecule has 7 heteroatoms. The van der Waals surface area contributed by atoms with Crippen LogP contribution >= 0.6 is 0 Å². The van der Waals surface area contributed by atoms with Gasteiger partial charge >= 0.3 is 7.05 Å². The first-order valence-electron chi connectivity index (χ1n) is 5.40. The second-order valence-electron chi connectivity index (χ2n) is 3.57. The van der Waals surface area contributed by atoms with E-state index < -0.39 is 12.9 Å². The van der Waals surface area contributed by atoms with Gasteiger partial charge in [0.05, 0.1) is 6.07 Å². The molecule has 5 nitrogen and oxygen atoms in total. The minimum absolute atomic E-state index is 0.407. The molecule has 2 radical (unpaired) electrons. The van der Waals surface area contributed by atoms with Crippen LogP contribution in [0.5, 0.6) is 0 Å². The van der Waals surface area contributed by atoms with E-state index in [4.69, 9.17) is 13.1 Å². The van der Waals surface area contributed by atoms with Gasteiger partial charge in [-0.1, -0.05) is 0 Å². The predicted molar refractivity (Wildman–Crippen MR) is 64.0 cm³/mol. The van der Waals surface area contributed by atoms with E-state index in [2.05, 4.69) is 5.32 Å². The van der Waals surface area contributed by atoms with Gasteiger partial charge in [0.25, 0.3) is 0 Å². The van der Waals surface area contributed by atoms with Gasteiger partial charge in [-0.2, -0.15) is 5.26 Å². The smallest absolute Gasteiger partial charge is 0.376 e. The standard InChI is InChI=1S/C9H17B2N3O2/c1-11(16)14(8-4-5-12)7-3-2-6-13-9(10)15/h16H,2-4,6-8H2,1H3,(H,13,15). The summed E-state index contributed by atoms with van der Waals surface area (Å²) >= 11 is 0. The van der Waals surface area contributed by atoms with Gasteiger partial charge in [-0.3, -0.25) is 4.79 Å². The monoisotopic (exact) mass is 221 g/mol. The van der Waals surface area contributed by atoms with E-state index >= 15 is 0 Å². The quantitative estimate of drug-likeness (QED) is 0.445. The SMILES string of the molecule is [B]C(=O)NCCCCN(CCC#N)B(C)O. The van der Waals surface area contributed by atoms with Gasteiger partial charge in [-0.15, -0.1) is 0 Å². The Hall–Kier alpha value is -0.990. The topological polar surface area (TPSA) is 76.4 Å². The summed E-state index contributed by atoms with van der Waals surface area (Å²) in [6.07, 6.45) is 2.06. The third-order valence-electron chi connectivity index (χ3n) is 2.21. The lowest BCUT2D eigenvalue weighted by Gasteiger charge is -2.21. The van der Waals surface area contributed by atoms with Gasteiger partial charge in [0.1, 0.15) is 0 Å². The Labute approximate surface area is 98.3 Å². The summed E-state index contributed by atoms with van der Waals surface area (Å²) in [4.78, 5) is 12.2. The summed E-state index contributed by atoms with van der Waals surface area (Å²) in [5.41, 5.74) is 0. The molecule has 0 spiro atoms. The molecular formula is C9H17B2N3O2. The molecule has 0 aliphatic rings. The molecule has 0 aliphatic heterocycles. The van der Waals surface area contributed by atoms with Gasteiger partial charge in [0.2, 0.25) is 0 Å². The molecule has 0 fully saturated rings. The number of nitriles is 1. The van der Waals surface area contributed by atoms with Crippen molar-refractivity contribution in [1.29, 1.82) is 5.26 Å². The normalized spacial score (nSPS) is 9.88. The Balaban J connectivity index is 3.60. The predicted octanol–water partition coefficient (Wildman–Crippen LogP) is -0.0293. The fraction of sp³-hybridized carbons (Fsp3) is 0.778. The molecular weight excluding hydrogens is 204 g/mol. The first-order chi connectivity index (χ1) is 7.57. The lowest BCUT2D eigenvalue weighted by molar-refractivity contribution is 0.259. The van der Waals surface area contributed by atoms with Gasteiger partial charge in [-0.25, -0.2) is 0 Å². The molecule has 86 valence electrons. The highest BCUT2D eigenvalue weighted by molar-refractivity contribution is 6.57. The zero-order valence-electron chi connectivity index (χ0n) is 9.65. The molecule has 0 aliphatic carbocycles. The summed E-state index contributed by atoms with van der Waals surface area (Å²) < 4.78 is 0. The minimum Gasteiger partial charge on any atom is -0.437 e. The maximum Gasteiger partial charge on any atom is 0.376 e. The first-order valence-corrected chi connectivity index (χ1v) is 5.40. The summed E-state index contributed by atoms with van der Waals surface area (Å²) in [6, 6.07) is 2.04. The van der Waals surface area contributed by atoms with Gasteiger partial charge < -0.3 is 15.2 Å². The Kier molecular flexibility index (Phi) is 8.68. The van der Waals surface area contributed by atoms with Crippen LogP contribution in [0.4, 0.5) is 4.79 Å². The molecule has 0 aromatic heterocycles. The molecule has 0 aromatic carbocycles. The average Bonchev–Trinajstić information content (AvgIpc) is 2.21. The fourth-order valence-corrected chi connectivity index (χ4v) is 1.33. The largest absolute Gasteiger partial charge is 0.437 e. The lowest BCUT2D eigenvalue weighted by atomic mass is 9.84. The number of carbonyl (C=O) groups excluding carboxylic acids is 1. The third kappa shape index (κ3) is 8.33. The molecule has 0 aromatic rings. The van der Waals surface area contributed by atoms with E-state index in [1.54, 1.807) is 6.82 Å². The van der Waals surface area contributed by atoms with Crippen LogP contribution in [0.1, 0.15) is 19.3 Å². The zero-order valence-corrected chi connectivity index (χ0v) is 9.65. The van der Waals surface area contributed by atoms with Crippen molar-refractivity contribution in [2.24, 2.45) is 0 Å². The summed E-state index contributed by atoms with van der Waals surface area (Å²) in [6.45, 7) is 3.50. The Morgan fingerprint density at radius 1 is 1.56 bits per heavy atom. The molecule has 2 N–H and O–H groups in total. The Bertz CT molecular complexity index is 243. The van der Waals surface area contributed by atoms with Crippen molar-refractivity contribution in [1.82, 2.24) is 10.1 Å². The second kappa shape index (κ2) is 9.25. The second-order valence-corrected chi connectivity index (χ2v) is 3.57. The number of rotatable bonds is 8.